The van der Waals surface area contributed by atoms with E-state index in [4.69, 9.17) is 5.14 Å². The van der Waals surface area contributed by atoms with Gasteiger partial charge in [0.1, 0.15) is 0 Å². The zero-order valence-corrected chi connectivity index (χ0v) is 14.8. The molecule has 3 N–H and O–H groups in total. The van der Waals surface area contributed by atoms with Crippen molar-refractivity contribution in [2.75, 3.05) is 6.54 Å². The van der Waals surface area contributed by atoms with E-state index in [2.05, 4.69) is 33.0 Å². The van der Waals surface area contributed by atoms with Crippen molar-refractivity contribution in [3.63, 3.8) is 0 Å². The quantitative estimate of drug-likeness (QED) is 0.838. The monoisotopic (exact) mass is 332 g/mol. The smallest absolute Gasteiger partial charge is 0.261 e. The van der Waals surface area contributed by atoms with Gasteiger partial charge in [-0.3, -0.25) is 4.79 Å². The highest BCUT2D eigenvalue weighted by Crippen LogP contribution is 2.25. The molecular formula is C14H24N2O3S2. The second kappa shape index (κ2) is 6.89. The lowest BCUT2D eigenvalue weighted by atomic mass is 9.85. The minimum atomic E-state index is -3.77. The zero-order valence-electron chi connectivity index (χ0n) is 13.1. The number of carbonyl (C=O) groups is 1. The van der Waals surface area contributed by atoms with Gasteiger partial charge in [0.25, 0.3) is 5.91 Å². The van der Waals surface area contributed by atoms with Crippen LogP contribution in [0, 0.1) is 24.7 Å². The Morgan fingerprint density at radius 2 is 1.81 bits per heavy atom. The van der Waals surface area contributed by atoms with Gasteiger partial charge < -0.3 is 5.32 Å². The molecule has 120 valence electrons. The molecule has 5 nitrogen and oxygen atoms in total. The van der Waals surface area contributed by atoms with E-state index in [0.717, 1.165) is 11.3 Å². The van der Waals surface area contributed by atoms with Crippen molar-refractivity contribution in [1.82, 2.24) is 5.32 Å². The summed E-state index contributed by atoms with van der Waals surface area (Å²) in [6.45, 7) is 10.7. The first-order valence-electron chi connectivity index (χ1n) is 6.95. The average Bonchev–Trinajstić information content (AvgIpc) is 2.70. The summed E-state index contributed by atoms with van der Waals surface area (Å²) in [5.74, 6) is 1.07. The molecule has 0 radical (unpaired) electrons. The van der Waals surface area contributed by atoms with Gasteiger partial charge in [-0.15, -0.1) is 11.3 Å². The third kappa shape index (κ3) is 4.79. The maximum atomic E-state index is 12.2. The number of carbonyl (C=O) groups excluding carboxylic acids is 1. The molecular weight excluding hydrogens is 308 g/mol. The molecule has 0 spiro atoms. The van der Waals surface area contributed by atoms with Gasteiger partial charge in [-0.1, -0.05) is 27.7 Å². The van der Waals surface area contributed by atoms with Crippen LogP contribution in [0.15, 0.2) is 11.0 Å². The molecule has 0 unspecified atom stereocenters. The minimum absolute atomic E-state index is 0.0296. The summed E-state index contributed by atoms with van der Waals surface area (Å²) in [6, 6.07) is 1.35. The zero-order chi connectivity index (χ0) is 16.4. The Morgan fingerprint density at radius 1 is 1.29 bits per heavy atom. The maximum absolute atomic E-state index is 12.2. The molecule has 0 aliphatic carbocycles. The topological polar surface area (TPSA) is 89.3 Å². The molecule has 1 aromatic rings. The number of rotatable bonds is 6. The van der Waals surface area contributed by atoms with Gasteiger partial charge in [-0.05, 0) is 30.7 Å². The molecule has 1 rings (SSSR count). The lowest BCUT2D eigenvalue weighted by Crippen LogP contribution is -2.33. The third-order valence-corrected chi connectivity index (χ3v) is 5.83. The third-order valence-electron chi connectivity index (χ3n) is 3.61. The van der Waals surface area contributed by atoms with E-state index in [0.29, 0.717) is 34.1 Å². The number of primary sulfonamides is 1. The van der Waals surface area contributed by atoms with Crippen LogP contribution >= 0.6 is 11.3 Å². The Morgan fingerprint density at radius 3 is 2.19 bits per heavy atom. The first-order valence-corrected chi connectivity index (χ1v) is 9.31. The Balaban J connectivity index is 2.82. The average molecular weight is 332 g/mol. The first kappa shape index (κ1) is 18.1. The molecule has 21 heavy (non-hydrogen) atoms. The predicted molar refractivity (Wildman–Crippen MR) is 85.9 cm³/mol. The number of sulfonamides is 1. The van der Waals surface area contributed by atoms with Gasteiger partial charge in [-0.2, -0.15) is 0 Å². The summed E-state index contributed by atoms with van der Waals surface area (Å²) in [5, 5.41) is 8.01. The summed E-state index contributed by atoms with van der Waals surface area (Å²) in [7, 11) is -3.77. The van der Waals surface area contributed by atoms with Gasteiger partial charge in [0.15, 0.2) is 0 Å². The SMILES string of the molecule is Cc1sc(C(=O)NCC(C(C)C)C(C)C)cc1S(N)(=O)=O. The highest BCUT2D eigenvalue weighted by Gasteiger charge is 2.21. The largest absolute Gasteiger partial charge is 0.351 e. The van der Waals surface area contributed by atoms with Gasteiger partial charge >= 0.3 is 0 Å². The summed E-state index contributed by atoms with van der Waals surface area (Å²) in [4.78, 5) is 13.1. The summed E-state index contributed by atoms with van der Waals surface area (Å²) in [6.07, 6.45) is 0. The van der Waals surface area contributed by atoms with Crippen LogP contribution in [-0.2, 0) is 10.0 Å². The van der Waals surface area contributed by atoms with E-state index >= 15 is 0 Å². The van der Waals surface area contributed by atoms with Crippen molar-refractivity contribution < 1.29 is 13.2 Å². The van der Waals surface area contributed by atoms with E-state index in [1.54, 1.807) is 6.92 Å². The van der Waals surface area contributed by atoms with Crippen molar-refractivity contribution in [3.8, 4) is 0 Å². The molecule has 1 aromatic heterocycles. The highest BCUT2D eigenvalue weighted by atomic mass is 32.2. The molecule has 0 bridgehead atoms. The van der Waals surface area contributed by atoms with Crippen LogP contribution in [0.5, 0.6) is 0 Å². The fourth-order valence-corrected chi connectivity index (χ4v) is 4.46. The number of thiophene rings is 1. The second-order valence-corrected chi connectivity index (χ2v) is 8.72. The van der Waals surface area contributed by atoms with Crippen LogP contribution < -0.4 is 10.5 Å². The number of nitrogens with one attached hydrogen (secondary N) is 1. The van der Waals surface area contributed by atoms with Crippen molar-refractivity contribution in [2.45, 2.75) is 39.5 Å². The van der Waals surface area contributed by atoms with E-state index in [-0.39, 0.29) is 10.8 Å². The molecule has 1 heterocycles. The van der Waals surface area contributed by atoms with Crippen molar-refractivity contribution >= 4 is 27.3 Å². The minimum Gasteiger partial charge on any atom is -0.351 e. The summed E-state index contributed by atoms with van der Waals surface area (Å²) < 4.78 is 22.8. The van der Waals surface area contributed by atoms with Crippen LogP contribution in [-0.4, -0.2) is 20.9 Å². The molecule has 0 saturated carbocycles. The number of hydrogen-bond donors (Lipinski definition) is 2. The lowest BCUT2D eigenvalue weighted by Gasteiger charge is -2.24. The predicted octanol–water partition coefficient (Wildman–Crippen LogP) is 2.36. The standard InChI is InChI=1S/C14H24N2O3S2/c1-8(2)11(9(3)4)7-16-14(17)12-6-13(10(5)20-12)21(15,18)19/h6,8-9,11H,7H2,1-5H3,(H,16,17)(H2,15,18,19). The molecule has 0 aromatic carbocycles. The Labute approximate surface area is 131 Å². The summed E-state index contributed by atoms with van der Waals surface area (Å²) >= 11 is 1.15. The first-order chi connectivity index (χ1) is 9.54. The lowest BCUT2D eigenvalue weighted by molar-refractivity contribution is 0.0941. The normalized spacial score (nSPS) is 12.4. The maximum Gasteiger partial charge on any atom is 0.261 e. The number of hydrogen-bond acceptors (Lipinski definition) is 4. The van der Waals surface area contributed by atoms with Gasteiger partial charge in [-0.25, -0.2) is 13.6 Å². The van der Waals surface area contributed by atoms with Crippen LogP contribution in [0.3, 0.4) is 0 Å². The fourth-order valence-electron chi connectivity index (χ4n) is 2.40. The molecule has 1 amide bonds. The molecule has 0 saturated heterocycles. The van der Waals surface area contributed by atoms with Crippen LogP contribution in [0.25, 0.3) is 0 Å². The van der Waals surface area contributed by atoms with Gasteiger partial charge in [0.05, 0.1) is 9.77 Å². The van der Waals surface area contributed by atoms with Gasteiger partial charge in [0.2, 0.25) is 10.0 Å². The van der Waals surface area contributed by atoms with E-state index in [1.807, 2.05) is 0 Å². The van der Waals surface area contributed by atoms with E-state index in [9.17, 15) is 13.2 Å². The summed E-state index contributed by atoms with van der Waals surface area (Å²) in [5.41, 5.74) is 0. The van der Waals surface area contributed by atoms with Crippen LogP contribution in [0.2, 0.25) is 0 Å². The molecule has 0 aliphatic heterocycles. The molecule has 7 heteroatoms. The molecule has 0 atom stereocenters. The fraction of sp³-hybridized carbons (Fsp3) is 0.643. The van der Waals surface area contributed by atoms with E-state index < -0.39 is 10.0 Å². The molecule has 0 aliphatic rings. The Kier molecular flexibility index (Phi) is 5.95. The van der Waals surface area contributed by atoms with Crippen molar-refractivity contribution in [2.24, 2.45) is 22.9 Å². The van der Waals surface area contributed by atoms with E-state index in [1.165, 1.54) is 6.07 Å². The van der Waals surface area contributed by atoms with Crippen LogP contribution in [0.4, 0.5) is 0 Å². The van der Waals surface area contributed by atoms with Crippen molar-refractivity contribution in [1.29, 1.82) is 0 Å². The number of amides is 1. The highest BCUT2D eigenvalue weighted by molar-refractivity contribution is 7.89. The Hall–Kier alpha value is -0.920. The van der Waals surface area contributed by atoms with Crippen molar-refractivity contribution in [3.05, 3.63) is 15.8 Å². The number of aryl methyl sites for hydroxylation is 1. The van der Waals surface area contributed by atoms with Crippen LogP contribution in [0.1, 0.15) is 42.2 Å². The second-order valence-electron chi connectivity index (χ2n) is 5.94. The van der Waals surface area contributed by atoms with Gasteiger partial charge in [0, 0.05) is 11.4 Å². The Bertz CT molecular complexity index is 596. The number of nitrogens with two attached hydrogens (primary N) is 1. The molecule has 0 fully saturated rings.